The van der Waals surface area contributed by atoms with Crippen LogP contribution in [-0.2, 0) is 11.1 Å². The highest BCUT2D eigenvalue weighted by molar-refractivity contribution is 7.79. The van der Waals surface area contributed by atoms with Gasteiger partial charge in [-0.25, -0.2) is 0 Å². The normalized spacial score (nSPS) is 13.4. The zero-order valence-electron chi connectivity index (χ0n) is 6.32. The van der Waals surface area contributed by atoms with Crippen molar-refractivity contribution in [1.82, 2.24) is 0 Å². The minimum absolute atomic E-state index is 0.159. The molecule has 0 saturated carbocycles. The van der Waals surface area contributed by atoms with Crippen LogP contribution in [0, 0.1) is 0 Å². The quantitative estimate of drug-likeness (QED) is 0.686. The first-order valence-electron chi connectivity index (χ1n) is 3.44. The molecule has 0 N–H and O–H groups in total. The molecule has 1 heterocycles. The van der Waals surface area contributed by atoms with E-state index in [2.05, 4.69) is 0 Å². The Hall–Kier alpha value is -0.840. The van der Waals surface area contributed by atoms with Crippen LogP contribution in [0.1, 0.15) is 0 Å². The molecular formula is C8H4ClO3S-. The number of rotatable bonds is 1. The average molecular weight is 216 g/mol. The van der Waals surface area contributed by atoms with Crippen molar-refractivity contribution in [3.63, 3.8) is 0 Å². The summed E-state index contributed by atoms with van der Waals surface area (Å²) in [6, 6.07) is 4.81. The van der Waals surface area contributed by atoms with Crippen molar-refractivity contribution in [3.05, 3.63) is 29.5 Å². The maximum absolute atomic E-state index is 10.7. The number of hydrogen-bond donors (Lipinski definition) is 0. The van der Waals surface area contributed by atoms with E-state index in [0.29, 0.717) is 16.0 Å². The lowest BCUT2D eigenvalue weighted by Gasteiger charge is -2.00. The minimum Gasteiger partial charge on any atom is -0.768 e. The Balaban J connectivity index is 2.76. The molecule has 1 atom stereocenters. The summed E-state index contributed by atoms with van der Waals surface area (Å²) in [5, 5.41) is 1.07. The Bertz CT molecular complexity index is 477. The summed E-state index contributed by atoms with van der Waals surface area (Å²) in [5.74, 6) is 0. The zero-order valence-corrected chi connectivity index (χ0v) is 7.89. The third-order valence-corrected chi connectivity index (χ3v) is 2.59. The van der Waals surface area contributed by atoms with Gasteiger partial charge in [-0.3, -0.25) is 4.21 Å². The maximum atomic E-state index is 10.7. The molecule has 2 aromatic rings. The van der Waals surface area contributed by atoms with Crippen molar-refractivity contribution >= 4 is 33.7 Å². The highest BCUT2D eigenvalue weighted by Gasteiger charge is 2.05. The molecule has 2 rings (SSSR count). The summed E-state index contributed by atoms with van der Waals surface area (Å²) in [7, 11) is 0. The molecule has 0 amide bonds. The van der Waals surface area contributed by atoms with E-state index in [1.54, 1.807) is 18.2 Å². The van der Waals surface area contributed by atoms with E-state index in [9.17, 15) is 8.76 Å². The van der Waals surface area contributed by atoms with Gasteiger partial charge < -0.3 is 8.97 Å². The highest BCUT2D eigenvalue weighted by Crippen LogP contribution is 2.25. The fourth-order valence-corrected chi connectivity index (χ4v) is 1.74. The number of halogens is 1. The van der Waals surface area contributed by atoms with Crippen LogP contribution in [0.3, 0.4) is 0 Å². The van der Waals surface area contributed by atoms with Crippen LogP contribution in [0.2, 0.25) is 5.02 Å². The van der Waals surface area contributed by atoms with Crippen LogP contribution in [0.4, 0.5) is 0 Å². The van der Waals surface area contributed by atoms with E-state index in [1.165, 1.54) is 6.26 Å². The van der Waals surface area contributed by atoms with Gasteiger partial charge in [0, 0.05) is 16.5 Å². The number of fused-ring (bicyclic) bond motifs is 1. The summed E-state index contributed by atoms with van der Waals surface area (Å²) in [4.78, 5) is 0.159. The Morgan fingerprint density at radius 2 is 2.23 bits per heavy atom. The van der Waals surface area contributed by atoms with Crippen LogP contribution >= 0.6 is 11.6 Å². The fourth-order valence-electron chi connectivity index (χ4n) is 1.11. The second-order valence-electron chi connectivity index (χ2n) is 2.48. The van der Waals surface area contributed by atoms with Gasteiger partial charge in [0.1, 0.15) is 11.8 Å². The standard InChI is InChI=1S/C8H5ClO3S/c9-5-1-2-6-7(3-5)12-4-8(6)13(10)11/h1-4H,(H,10,11)/p-1. The Labute approximate surface area is 81.6 Å². The van der Waals surface area contributed by atoms with Crippen molar-refractivity contribution < 1.29 is 13.2 Å². The molecule has 0 fully saturated rings. The SMILES string of the molecule is O=S([O-])c1coc2cc(Cl)ccc12. The van der Waals surface area contributed by atoms with Crippen LogP contribution in [0.15, 0.2) is 33.8 Å². The molecule has 0 bridgehead atoms. The first kappa shape index (κ1) is 8.74. The molecule has 3 nitrogen and oxygen atoms in total. The van der Waals surface area contributed by atoms with E-state index in [4.69, 9.17) is 16.0 Å². The number of benzene rings is 1. The molecule has 13 heavy (non-hydrogen) atoms. The van der Waals surface area contributed by atoms with Crippen LogP contribution < -0.4 is 0 Å². The molecule has 0 aliphatic heterocycles. The molecule has 0 spiro atoms. The second kappa shape index (κ2) is 3.14. The van der Waals surface area contributed by atoms with Crippen molar-refractivity contribution in [2.24, 2.45) is 0 Å². The molecule has 0 radical (unpaired) electrons. The predicted octanol–water partition coefficient (Wildman–Crippen LogP) is 2.32. The second-order valence-corrected chi connectivity index (χ2v) is 3.82. The monoisotopic (exact) mass is 215 g/mol. The fraction of sp³-hybridized carbons (Fsp3) is 0. The molecule has 1 unspecified atom stereocenters. The van der Waals surface area contributed by atoms with Gasteiger partial charge in [-0.05, 0) is 23.2 Å². The van der Waals surface area contributed by atoms with Gasteiger partial charge in [0.25, 0.3) is 0 Å². The Morgan fingerprint density at radius 3 is 2.92 bits per heavy atom. The van der Waals surface area contributed by atoms with Crippen LogP contribution in [0.25, 0.3) is 11.0 Å². The number of furan rings is 1. The lowest BCUT2D eigenvalue weighted by Crippen LogP contribution is -1.85. The van der Waals surface area contributed by atoms with Gasteiger partial charge in [0.2, 0.25) is 0 Å². The van der Waals surface area contributed by atoms with Crippen molar-refractivity contribution in [2.45, 2.75) is 4.90 Å². The number of hydrogen-bond acceptors (Lipinski definition) is 3. The highest BCUT2D eigenvalue weighted by atomic mass is 35.5. The predicted molar refractivity (Wildman–Crippen MR) is 48.4 cm³/mol. The van der Waals surface area contributed by atoms with E-state index in [0.717, 1.165) is 0 Å². The van der Waals surface area contributed by atoms with Gasteiger partial charge in [0.05, 0.1) is 4.90 Å². The zero-order chi connectivity index (χ0) is 9.42. The first-order valence-corrected chi connectivity index (χ1v) is 4.90. The largest absolute Gasteiger partial charge is 0.768 e. The van der Waals surface area contributed by atoms with Crippen molar-refractivity contribution in [2.75, 3.05) is 0 Å². The Kier molecular flexibility index (Phi) is 2.11. The minimum atomic E-state index is -2.27. The van der Waals surface area contributed by atoms with Crippen molar-refractivity contribution in [3.8, 4) is 0 Å². The van der Waals surface area contributed by atoms with Gasteiger partial charge >= 0.3 is 0 Å². The lowest BCUT2D eigenvalue weighted by atomic mass is 10.3. The van der Waals surface area contributed by atoms with E-state index >= 15 is 0 Å². The van der Waals surface area contributed by atoms with Crippen molar-refractivity contribution in [1.29, 1.82) is 0 Å². The van der Waals surface area contributed by atoms with E-state index in [-0.39, 0.29) is 4.90 Å². The topological polar surface area (TPSA) is 53.3 Å². The third-order valence-electron chi connectivity index (χ3n) is 1.68. The molecule has 0 saturated heterocycles. The molecule has 1 aromatic heterocycles. The van der Waals surface area contributed by atoms with Crippen LogP contribution in [-0.4, -0.2) is 8.76 Å². The summed E-state index contributed by atoms with van der Waals surface area (Å²) in [6.07, 6.45) is 1.20. The first-order chi connectivity index (χ1) is 6.18. The van der Waals surface area contributed by atoms with Gasteiger partial charge in [0.15, 0.2) is 0 Å². The molecule has 1 aromatic carbocycles. The summed E-state index contributed by atoms with van der Waals surface area (Å²) >= 11 is 3.43. The van der Waals surface area contributed by atoms with Gasteiger partial charge in [-0.1, -0.05) is 11.6 Å². The maximum Gasteiger partial charge on any atom is 0.136 e. The molecule has 0 aliphatic carbocycles. The van der Waals surface area contributed by atoms with E-state index < -0.39 is 11.1 Å². The summed E-state index contributed by atoms with van der Waals surface area (Å²) in [6.45, 7) is 0. The summed E-state index contributed by atoms with van der Waals surface area (Å²) in [5.41, 5.74) is 0.478. The third kappa shape index (κ3) is 1.48. The Morgan fingerprint density at radius 1 is 1.46 bits per heavy atom. The average Bonchev–Trinajstić information content (AvgIpc) is 2.46. The molecular weight excluding hydrogens is 212 g/mol. The molecule has 68 valence electrons. The molecule has 5 heteroatoms. The van der Waals surface area contributed by atoms with Crippen LogP contribution in [0.5, 0.6) is 0 Å². The van der Waals surface area contributed by atoms with Gasteiger partial charge in [-0.15, -0.1) is 0 Å². The van der Waals surface area contributed by atoms with E-state index in [1.807, 2.05) is 0 Å². The summed E-state index contributed by atoms with van der Waals surface area (Å²) < 4.78 is 26.3. The molecule has 0 aliphatic rings. The smallest absolute Gasteiger partial charge is 0.136 e. The van der Waals surface area contributed by atoms with Gasteiger partial charge in [-0.2, -0.15) is 0 Å². The lowest BCUT2D eigenvalue weighted by molar-refractivity contribution is 0.533.